The first-order chi connectivity index (χ1) is 8.38. The molecule has 0 spiro atoms. The van der Waals surface area contributed by atoms with Crippen molar-refractivity contribution >= 4 is 16.5 Å². The van der Waals surface area contributed by atoms with Gasteiger partial charge in [-0.05, 0) is 0 Å². The van der Waals surface area contributed by atoms with Gasteiger partial charge < -0.3 is 9.47 Å². The first kappa shape index (κ1) is 12.9. The molecule has 4 nitrogen and oxygen atoms in total. The van der Waals surface area contributed by atoms with E-state index in [1.807, 2.05) is 11.6 Å². The number of imidazole rings is 1. The molecular weight excluding hydrogens is 265 g/mol. The number of rotatable bonds is 3. The monoisotopic (exact) mass is 276 g/mol. The average Bonchev–Trinajstić information content (AvgIpc) is 2.87. The normalized spacial score (nSPS) is 11.8. The van der Waals surface area contributed by atoms with Crippen molar-refractivity contribution in [2.75, 3.05) is 11.9 Å². The number of hydrogen-bond acceptors (Lipinski definition) is 4. The number of alkyl halides is 3. The van der Waals surface area contributed by atoms with E-state index in [1.54, 1.807) is 24.3 Å². The minimum Gasteiger partial charge on any atom is -0.344 e. The van der Waals surface area contributed by atoms with Crippen molar-refractivity contribution in [1.29, 1.82) is 0 Å². The van der Waals surface area contributed by atoms with Gasteiger partial charge in [0.15, 0.2) is 5.13 Å². The summed E-state index contributed by atoms with van der Waals surface area (Å²) in [5.74, 6) is 0.765. The van der Waals surface area contributed by atoms with E-state index in [0.717, 1.165) is 12.0 Å². The van der Waals surface area contributed by atoms with Crippen molar-refractivity contribution in [3.63, 3.8) is 0 Å². The molecule has 98 valence electrons. The highest BCUT2D eigenvalue weighted by Crippen LogP contribution is 2.36. The van der Waals surface area contributed by atoms with Gasteiger partial charge in [0.1, 0.15) is 10.7 Å². The van der Waals surface area contributed by atoms with Gasteiger partial charge in [0.25, 0.3) is 0 Å². The molecule has 0 saturated heterocycles. The zero-order chi connectivity index (χ0) is 13.3. The largest absolute Gasteiger partial charge is 0.427 e. The Morgan fingerprint density at radius 3 is 2.61 bits per heavy atom. The standard InChI is InChI=1S/C10H11F3N4S/c1-16-4-3-14-8(16)6-17(2)9-15-5-7(18-9)10(11,12)13/h3-5H,6H2,1-2H3. The average molecular weight is 276 g/mol. The van der Waals surface area contributed by atoms with Gasteiger partial charge in [-0.1, -0.05) is 11.3 Å². The minimum absolute atomic E-state index is 0.324. The van der Waals surface area contributed by atoms with Crippen LogP contribution in [0.3, 0.4) is 0 Å². The Bertz CT molecular complexity index is 531. The van der Waals surface area contributed by atoms with Crippen molar-refractivity contribution in [2.24, 2.45) is 7.05 Å². The van der Waals surface area contributed by atoms with E-state index in [-0.39, 0.29) is 0 Å². The Kier molecular flexibility index (Phi) is 3.29. The molecule has 0 N–H and O–H groups in total. The van der Waals surface area contributed by atoms with Crippen LogP contribution in [0.15, 0.2) is 18.6 Å². The van der Waals surface area contributed by atoms with E-state index < -0.39 is 11.1 Å². The Hall–Kier alpha value is -1.57. The number of hydrogen-bond donors (Lipinski definition) is 0. The summed E-state index contributed by atoms with van der Waals surface area (Å²) < 4.78 is 39.1. The van der Waals surface area contributed by atoms with Crippen LogP contribution in [0, 0.1) is 0 Å². The molecular formula is C10H11F3N4S. The molecule has 0 saturated carbocycles. The number of aromatic nitrogens is 3. The Balaban J connectivity index is 2.12. The highest BCUT2D eigenvalue weighted by molar-refractivity contribution is 7.15. The maximum Gasteiger partial charge on any atom is 0.427 e. The van der Waals surface area contributed by atoms with Crippen LogP contribution in [0.4, 0.5) is 18.3 Å². The van der Waals surface area contributed by atoms with Crippen LogP contribution in [0.5, 0.6) is 0 Å². The SMILES string of the molecule is CN(Cc1nccn1C)c1ncc(C(F)(F)F)s1. The predicted octanol–water partition coefficient (Wildman–Crippen LogP) is 2.53. The van der Waals surface area contributed by atoms with Gasteiger partial charge in [-0.25, -0.2) is 9.97 Å². The van der Waals surface area contributed by atoms with Crippen LogP contribution < -0.4 is 4.90 Å². The summed E-state index contributed by atoms with van der Waals surface area (Å²) in [5.41, 5.74) is 0. The lowest BCUT2D eigenvalue weighted by atomic mass is 10.5. The second-order valence-corrected chi connectivity index (χ2v) is 4.82. The van der Waals surface area contributed by atoms with Gasteiger partial charge in [-0.3, -0.25) is 0 Å². The summed E-state index contributed by atoms with van der Waals surface area (Å²) in [4.78, 5) is 8.84. The number of aryl methyl sites for hydroxylation is 1. The second-order valence-electron chi connectivity index (χ2n) is 3.82. The third-order valence-electron chi connectivity index (χ3n) is 2.40. The topological polar surface area (TPSA) is 34.0 Å². The molecule has 0 unspecified atom stereocenters. The van der Waals surface area contributed by atoms with Crippen LogP contribution in [-0.4, -0.2) is 21.6 Å². The third kappa shape index (κ3) is 2.63. The molecule has 18 heavy (non-hydrogen) atoms. The highest BCUT2D eigenvalue weighted by Gasteiger charge is 2.33. The van der Waals surface area contributed by atoms with E-state index in [1.165, 1.54) is 0 Å². The van der Waals surface area contributed by atoms with E-state index in [0.29, 0.717) is 23.0 Å². The Morgan fingerprint density at radius 1 is 1.39 bits per heavy atom. The number of nitrogens with zero attached hydrogens (tertiary/aromatic N) is 4. The fraction of sp³-hybridized carbons (Fsp3) is 0.400. The van der Waals surface area contributed by atoms with E-state index in [4.69, 9.17) is 0 Å². The smallest absolute Gasteiger partial charge is 0.344 e. The fourth-order valence-corrected chi connectivity index (χ4v) is 2.14. The van der Waals surface area contributed by atoms with Gasteiger partial charge in [0, 0.05) is 26.5 Å². The van der Waals surface area contributed by atoms with Gasteiger partial charge in [0.2, 0.25) is 0 Å². The molecule has 0 fully saturated rings. The van der Waals surface area contributed by atoms with Gasteiger partial charge >= 0.3 is 6.18 Å². The molecule has 0 radical (unpaired) electrons. The number of thiazole rings is 1. The molecule has 0 aliphatic rings. The van der Waals surface area contributed by atoms with Gasteiger partial charge in [-0.2, -0.15) is 13.2 Å². The van der Waals surface area contributed by atoms with Crippen LogP contribution >= 0.6 is 11.3 Å². The summed E-state index contributed by atoms with van der Waals surface area (Å²) in [7, 11) is 3.52. The quantitative estimate of drug-likeness (QED) is 0.864. The maximum absolute atomic E-state index is 12.4. The lowest BCUT2D eigenvalue weighted by Gasteiger charge is -2.15. The summed E-state index contributed by atoms with van der Waals surface area (Å²) in [6.07, 6.45) is -0.0484. The molecule has 0 bridgehead atoms. The fourth-order valence-electron chi connectivity index (χ4n) is 1.40. The lowest BCUT2D eigenvalue weighted by molar-refractivity contribution is -0.134. The van der Waals surface area contributed by atoms with Crippen molar-refractivity contribution in [3.05, 3.63) is 29.3 Å². The van der Waals surface area contributed by atoms with Crippen LogP contribution in [-0.2, 0) is 19.8 Å². The summed E-state index contributed by atoms with van der Waals surface area (Å²) in [6, 6.07) is 0. The van der Waals surface area contributed by atoms with Crippen LogP contribution in [0.2, 0.25) is 0 Å². The van der Waals surface area contributed by atoms with Crippen molar-refractivity contribution < 1.29 is 13.2 Å². The number of halogens is 3. The molecule has 0 atom stereocenters. The third-order valence-corrected chi connectivity index (χ3v) is 3.56. The summed E-state index contributed by atoms with van der Waals surface area (Å²) in [5, 5.41) is 0.324. The van der Waals surface area contributed by atoms with Gasteiger partial charge in [0.05, 0.1) is 12.7 Å². The molecule has 2 aromatic heterocycles. The van der Waals surface area contributed by atoms with Gasteiger partial charge in [-0.15, -0.1) is 0 Å². The summed E-state index contributed by atoms with van der Waals surface area (Å²) >= 11 is 0.628. The van der Waals surface area contributed by atoms with E-state index >= 15 is 0 Å². The van der Waals surface area contributed by atoms with E-state index in [9.17, 15) is 13.2 Å². The van der Waals surface area contributed by atoms with Crippen LogP contribution in [0.25, 0.3) is 0 Å². The minimum atomic E-state index is -4.33. The lowest BCUT2D eigenvalue weighted by Crippen LogP contribution is -2.18. The molecule has 0 aromatic carbocycles. The molecule has 0 amide bonds. The first-order valence-electron chi connectivity index (χ1n) is 5.08. The molecule has 2 aromatic rings. The van der Waals surface area contributed by atoms with Crippen molar-refractivity contribution in [3.8, 4) is 0 Å². The Morgan fingerprint density at radius 2 is 2.11 bits per heavy atom. The van der Waals surface area contributed by atoms with Crippen molar-refractivity contribution in [1.82, 2.24) is 14.5 Å². The maximum atomic E-state index is 12.4. The number of anilines is 1. The van der Waals surface area contributed by atoms with Crippen molar-refractivity contribution in [2.45, 2.75) is 12.7 Å². The first-order valence-corrected chi connectivity index (χ1v) is 5.90. The van der Waals surface area contributed by atoms with E-state index in [2.05, 4.69) is 9.97 Å². The molecule has 0 aliphatic heterocycles. The molecule has 8 heteroatoms. The molecule has 2 rings (SSSR count). The highest BCUT2D eigenvalue weighted by atomic mass is 32.1. The second kappa shape index (κ2) is 4.60. The zero-order valence-electron chi connectivity index (χ0n) is 9.77. The van der Waals surface area contributed by atoms with Crippen LogP contribution in [0.1, 0.15) is 10.7 Å². The molecule has 2 heterocycles. The predicted molar refractivity (Wildman–Crippen MR) is 62.4 cm³/mol. The zero-order valence-corrected chi connectivity index (χ0v) is 10.6. The molecule has 0 aliphatic carbocycles. The summed E-state index contributed by atoms with van der Waals surface area (Å²) in [6.45, 7) is 0.411. The Labute approximate surface area is 106 Å².